The number of primary amides is 1. The quantitative estimate of drug-likeness (QED) is 0.0668. The Balaban J connectivity index is 2.18. The summed E-state index contributed by atoms with van der Waals surface area (Å²) in [5.41, 5.74) is 6.15. The van der Waals surface area contributed by atoms with Crippen molar-refractivity contribution in [2.75, 3.05) is 5.75 Å². The van der Waals surface area contributed by atoms with Gasteiger partial charge in [0.1, 0.15) is 6.04 Å². The normalized spacial score (nSPS) is 13.3. The second kappa shape index (κ2) is 25.2. The maximum Gasteiger partial charge on any atom is 0.240 e. The Morgan fingerprint density at radius 1 is 0.864 bits per heavy atom. The number of aromatic nitrogens is 1. The molecule has 0 fully saturated rings. The summed E-state index contributed by atoms with van der Waals surface area (Å²) in [6.45, 7) is 6.26. The van der Waals surface area contributed by atoms with Crippen LogP contribution in [0.3, 0.4) is 0 Å². The van der Waals surface area contributed by atoms with Crippen LogP contribution in [-0.2, 0) is 9.59 Å². The van der Waals surface area contributed by atoms with Crippen molar-refractivity contribution in [3.05, 3.63) is 103 Å². The lowest BCUT2D eigenvalue weighted by atomic mass is 10.0. The smallest absolute Gasteiger partial charge is 0.240 e. The number of pyridine rings is 1. The number of ketones is 1. The average molecular weight is 638 g/mol. The molecule has 0 unspecified atom stereocenters. The number of carbonyl (C=O) groups is 3. The molecule has 0 aliphatic heterocycles. The molecule has 240 valence electrons. The summed E-state index contributed by atoms with van der Waals surface area (Å²) in [5.74, 6) is -0.317. The van der Waals surface area contributed by atoms with Gasteiger partial charge < -0.3 is 11.1 Å². The number of hydrogen-bond donors (Lipinski definition) is 2. The lowest BCUT2D eigenvalue weighted by Crippen LogP contribution is -2.46. The number of hydrogen-bond acceptors (Lipinski definition) is 6. The lowest BCUT2D eigenvalue weighted by molar-refractivity contribution is -0.126. The van der Waals surface area contributed by atoms with Crippen LogP contribution in [0, 0.1) is 0 Å². The van der Waals surface area contributed by atoms with Crippen molar-refractivity contribution in [2.45, 2.75) is 95.8 Å². The fourth-order valence-corrected chi connectivity index (χ4v) is 6.48. The molecule has 0 aliphatic carbocycles. The molecule has 6 nitrogen and oxygen atoms in total. The van der Waals surface area contributed by atoms with Gasteiger partial charge >= 0.3 is 0 Å². The van der Waals surface area contributed by atoms with Crippen molar-refractivity contribution in [3.8, 4) is 0 Å². The summed E-state index contributed by atoms with van der Waals surface area (Å²) in [7, 11) is 3.07. The molecule has 0 saturated carbocycles. The molecule has 0 radical (unpaired) electrons. The standard InChI is InChI=1S/C36H51N3O3S2/c1-4-5-6-7-8-9-10-11-12-13-14-15-16-17-18-19-20-21-22-25-34(41)39-32(35(37)42)30-43-44-36(2,3)27-26-33(40)31-24-23-28-38-29-31/h5-6,8-9,11-12,14-15,17-18,20-21,23-24,28-29,32H,4,7,10,13,16,19,22,25-27,30H2,1-3H3,(H2,37,42)(H,39,41)/b6-5-,9-8-,12-11-,15-14-,18-17-,21-20-/t32-/m0/s1. The van der Waals surface area contributed by atoms with Crippen molar-refractivity contribution < 1.29 is 14.4 Å². The van der Waals surface area contributed by atoms with Gasteiger partial charge in [-0.15, -0.1) is 0 Å². The number of nitrogens with two attached hydrogens (primary N) is 1. The van der Waals surface area contributed by atoms with Crippen LogP contribution in [0.15, 0.2) is 97.4 Å². The average Bonchev–Trinajstić information content (AvgIpc) is 3.00. The molecule has 1 heterocycles. The van der Waals surface area contributed by atoms with E-state index in [0.29, 0.717) is 37.0 Å². The monoisotopic (exact) mass is 637 g/mol. The summed E-state index contributed by atoms with van der Waals surface area (Å²) >= 11 is 0. The Morgan fingerprint density at radius 3 is 1.91 bits per heavy atom. The number of rotatable bonds is 24. The highest BCUT2D eigenvalue weighted by Gasteiger charge is 2.24. The molecular weight excluding hydrogens is 587 g/mol. The van der Waals surface area contributed by atoms with E-state index >= 15 is 0 Å². The summed E-state index contributed by atoms with van der Waals surface area (Å²) in [6.07, 6.45) is 36.7. The van der Waals surface area contributed by atoms with Gasteiger partial charge in [0.05, 0.1) is 0 Å². The summed E-state index contributed by atoms with van der Waals surface area (Å²) < 4.78 is -0.190. The van der Waals surface area contributed by atoms with E-state index in [-0.39, 0.29) is 16.4 Å². The van der Waals surface area contributed by atoms with Gasteiger partial charge in [-0.25, -0.2) is 0 Å². The second-order valence-corrected chi connectivity index (χ2v) is 13.8. The predicted molar refractivity (Wildman–Crippen MR) is 191 cm³/mol. The van der Waals surface area contributed by atoms with Crippen LogP contribution < -0.4 is 11.1 Å². The molecule has 0 bridgehead atoms. The van der Waals surface area contributed by atoms with Crippen LogP contribution in [0.4, 0.5) is 0 Å². The molecule has 1 aromatic rings. The Kier molecular flexibility index (Phi) is 22.3. The zero-order valence-electron chi connectivity index (χ0n) is 26.7. The largest absolute Gasteiger partial charge is 0.368 e. The third kappa shape index (κ3) is 21.6. The molecular formula is C36H51N3O3S2. The minimum atomic E-state index is -0.738. The molecule has 2 amide bonds. The SMILES string of the molecule is CC/C=C\C/C=C\C/C=C\C/C=C\C/C=C\C/C=C\CCC(=O)N[C@@H](CSSC(C)(C)CCC(=O)c1cccnc1)C(N)=O. The van der Waals surface area contributed by atoms with E-state index < -0.39 is 11.9 Å². The van der Waals surface area contributed by atoms with Gasteiger partial charge in [-0.3, -0.25) is 19.4 Å². The Labute approximate surface area is 273 Å². The van der Waals surface area contributed by atoms with E-state index in [9.17, 15) is 14.4 Å². The van der Waals surface area contributed by atoms with Crippen LogP contribution >= 0.6 is 21.6 Å². The van der Waals surface area contributed by atoms with Crippen molar-refractivity contribution >= 4 is 39.2 Å². The fourth-order valence-electron chi connectivity index (χ4n) is 3.71. The molecule has 44 heavy (non-hydrogen) atoms. The van der Waals surface area contributed by atoms with Crippen molar-refractivity contribution in [1.29, 1.82) is 0 Å². The number of nitrogens with one attached hydrogen (secondary N) is 1. The topological polar surface area (TPSA) is 102 Å². The first kappa shape index (κ1) is 38.9. The third-order valence-electron chi connectivity index (χ3n) is 6.27. The van der Waals surface area contributed by atoms with E-state index in [1.54, 1.807) is 35.3 Å². The van der Waals surface area contributed by atoms with E-state index in [4.69, 9.17) is 5.73 Å². The van der Waals surface area contributed by atoms with Crippen LogP contribution in [-0.4, -0.2) is 39.1 Å². The van der Waals surface area contributed by atoms with Gasteiger partial charge in [-0.1, -0.05) is 101 Å². The third-order valence-corrected chi connectivity index (χ3v) is 9.63. The van der Waals surface area contributed by atoms with E-state index in [1.807, 2.05) is 12.2 Å². The maximum atomic E-state index is 12.4. The molecule has 0 spiro atoms. The molecule has 8 heteroatoms. The van der Waals surface area contributed by atoms with E-state index in [0.717, 1.165) is 38.5 Å². The molecule has 1 aromatic heterocycles. The van der Waals surface area contributed by atoms with Crippen molar-refractivity contribution in [1.82, 2.24) is 10.3 Å². The lowest BCUT2D eigenvalue weighted by Gasteiger charge is -2.24. The fraction of sp³-hybridized carbons (Fsp3) is 0.444. The van der Waals surface area contributed by atoms with Crippen molar-refractivity contribution in [3.63, 3.8) is 0 Å². The van der Waals surface area contributed by atoms with Gasteiger partial charge in [-0.2, -0.15) is 0 Å². The summed E-state index contributed by atoms with van der Waals surface area (Å²) in [4.78, 5) is 40.7. The van der Waals surface area contributed by atoms with Crippen LogP contribution in [0.25, 0.3) is 0 Å². The first-order valence-electron chi connectivity index (χ1n) is 15.5. The molecule has 3 N–H and O–H groups in total. The molecule has 1 atom stereocenters. The van der Waals surface area contributed by atoms with Crippen molar-refractivity contribution in [2.24, 2.45) is 5.73 Å². The first-order valence-corrected chi connectivity index (χ1v) is 17.8. The Bertz CT molecular complexity index is 1140. The minimum absolute atomic E-state index is 0.0611. The molecule has 1 rings (SSSR count). The number of Topliss-reactive ketones (excluding diaryl/α,β-unsaturated/α-hetero) is 1. The number of carbonyl (C=O) groups excluding carboxylic acids is 3. The highest BCUT2D eigenvalue weighted by atomic mass is 33.1. The maximum absolute atomic E-state index is 12.4. The molecule has 0 aromatic carbocycles. The zero-order chi connectivity index (χ0) is 32.3. The van der Waals surface area contributed by atoms with Crippen LogP contribution in [0.5, 0.6) is 0 Å². The number of amides is 2. The first-order chi connectivity index (χ1) is 21.2. The van der Waals surface area contributed by atoms with Crippen LogP contribution in [0.1, 0.15) is 95.3 Å². The van der Waals surface area contributed by atoms with E-state index in [2.05, 4.69) is 91.8 Å². The van der Waals surface area contributed by atoms with Gasteiger partial charge in [0.2, 0.25) is 11.8 Å². The molecule has 0 aliphatic rings. The minimum Gasteiger partial charge on any atom is -0.368 e. The van der Waals surface area contributed by atoms with Gasteiger partial charge in [-0.05, 0) is 77.3 Å². The summed E-state index contributed by atoms with van der Waals surface area (Å²) in [5, 5.41) is 2.76. The van der Waals surface area contributed by atoms with Gasteiger partial charge in [0.15, 0.2) is 5.78 Å². The number of nitrogens with zero attached hydrogens (tertiary/aromatic N) is 1. The predicted octanol–water partition coefficient (Wildman–Crippen LogP) is 8.65. The molecule has 0 saturated heterocycles. The Morgan fingerprint density at radius 2 is 1.41 bits per heavy atom. The van der Waals surface area contributed by atoms with E-state index in [1.165, 1.54) is 10.8 Å². The second-order valence-electron chi connectivity index (χ2n) is 10.8. The highest BCUT2D eigenvalue weighted by molar-refractivity contribution is 8.77. The van der Waals surface area contributed by atoms with Crippen LogP contribution in [0.2, 0.25) is 0 Å². The summed E-state index contributed by atoms with van der Waals surface area (Å²) in [6, 6.07) is 2.79. The highest BCUT2D eigenvalue weighted by Crippen LogP contribution is 2.39. The Hall–Kier alpha value is -3.10. The van der Waals surface area contributed by atoms with Gasteiger partial charge in [0.25, 0.3) is 0 Å². The zero-order valence-corrected chi connectivity index (χ0v) is 28.3. The van der Waals surface area contributed by atoms with Gasteiger partial charge in [0, 0.05) is 41.3 Å². The number of allylic oxidation sites excluding steroid dienone is 12.